The lowest BCUT2D eigenvalue weighted by atomic mass is 9.84. The zero-order chi connectivity index (χ0) is 10.6. The third-order valence-electron chi connectivity index (χ3n) is 2.77. The number of carbonyl (C=O) groups excluding carboxylic acids is 2. The van der Waals surface area contributed by atoms with Gasteiger partial charge in [0.05, 0.1) is 0 Å². The Morgan fingerprint density at radius 2 is 1.71 bits per heavy atom. The molecule has 3 heteroatoms. The number of hydrogen-bond acceptors (Lipinski definition) is 3. The summed E-state index contributed by atoms with van der Waals surface area (Å²) in [5.74, 6) is -0.118. The fraction of sp³-hybridized carbons (Fsp3) is 0.818. The minimum absolute atomic E-state index is 0.0212. The Kier molecular flexibility index (Phi) is 4.11. The molecule has 0 aromatic heterocycles. The third-order valence-corrected chi connectivity index (χ3v) is 2.77. The minimum Gasteiger partial charge on any atom is -0.454 e. The minimum atomic E-state index is -0.493. The van der Waals surface area contributed by atoms with E-state index in [-0.39, 0.29) is 17.7 Å². The summed E-state index contributed by atoms with van der Waals surface area (Å²) in [5.41, 5.74) is 0. The first-order valence-electron chi connectivity index (χ1n) is 5.29. The number of ether oxygens (including phenoxy) is 1. The summed E-state index contributed by atoms with van der Waals surface area (Å²) in [7, 11) is 0. The predicted molar refractivity (Wildman–Crippen MR) is 52.8 cm³/mol. The molecule has 80 valence electrons. The Balaban J connectivity index is 2.56. The van der Waals surface area contributed by atoms with Gasteiger partial charge in [-0.25, -0.2) is 0 Å². The zero-order valence-electron chi connectivity index (χ0n) is 8.91. The van der Waals surface area contributed by atoms with Crippen LogP contribution in [0.4, 0.5) is 0 Å². The molecule has 0 radical (unpaired) electrons. The van der Waals surface area contributed by atoms with Gasteiger partial charge in [-0.2, -0.15) is 0 Å². The van der Waals surface area contributed by atoms with Crippen molar-refractivity contribution < 1.29 is 14.3 Å². The van der Waals surface area contributed by atoms with Gasteiger partial charge in [0, 0.05) is 12.8 Å². The third kappa shape index (κ3) is 3.13. The molecular weight excluding hydrogens is 180 g/mol. The molecule has 0 aliphatic heterocycles. The molecule has 1 unspecified atom stereocenters. The highest BCUT2D eigenvalue weighted by Crippen LogP contribution is 2.28. The van der Waals surface area contributed by atoms with Crippen molar-refractivity contribution in [3.8, 4) is 0 Å². The topological polar surface area (TPSA) is 43.4 Å². The van der Waals surface area contributed by atoms with Crippen LogP contribution in [0.15, 0.2) is 0 Å². The maximum atomic E-state index is 11.3. The molecule has 3 nitrogen and oxygen atoms in total. The smallest absolute Gasteiger partial charge is 0.303 e. The van der Waals surface area contributed by atoms with Crippen LogP contribution in [-0.2, 0) is 14.3 Å². The van der Waals surface area contributed by atoms with E-state index in [0.29, 0.717) is 0 Å². The second-order valence-corrected chi connectivity index (χ2v) is 4.04. The number of ketones is 1. The van der Waals surface area contributed by atoms with Gasteiger partial charge in [0.1, 0.15) is 0 Å². The second-order valence-electron chi connectivity index (χ2n) is 4.04. The van der Waals surface area contributed by atoms with E-state index in [0.717, 1.165) is 25.7 Å². The lowest BCUT2D eigenvalue weighted by molar-refractivity contribution is -0.156. The quantitative estimate of drug-likeness (QED) is 0.652. The molecule has 0 spiro atoms. The number of hydrogen-bond donors (Lipinski definition) is 0. The molecule has 0 bridgehead atoms. The summed E-state index contributed by atoms with van der Waals surface area (Å²) in [4.78, 5) is 22.1. The van der Waals surface area contributed by atoms with E-state index in [1.54, 1.807) is 0 Å². The largest absolute Gasteiger partial charge is 0.454 e. The summed E-state index contributed by atoms with van der Waals surface area (Å²) < 4.78 is 5.06. The van der Waals surface area contributed by atoms with Gasteiger partial charge in [0.2, 0.25) is 0 Å². The van der Waals surface area contributed by atoms with Gasteiger partial charge in [-0.1, -0.05) is 19.3 Å². The summed E-state index contributed by atoms with van der Waals surface area (Å²) in [6.45, 7) is 2.86. The Labute approximate surface area is 84.8 Å². The van der Waals surface area contributed by atoms with Gasteiger partial charge in [-0.3, -0.25) is 9.59 Å². The second kappa shape index (κ2) is 5.13. The van der Waals surface area contributed by atoms with Crippen LogP contribution in [0.2, 0.25) is 0 Å². The van der Waals surface area contributed by atoms with Gasteiger partial charge in [0.25, 0.3) is 0 Å². The predicted octanol–water partition coefficient (Wildman–Crippen LogP) is 2.09. The lowest BCUT2D eigenvalue weighted by Crippen LogP contribution is -2.33. The first-order chi connectivity index (χ1) is 6.61. The van der Waals surface area contributed by atoms with Crippen LogP contribution in [-0.4, -0.2) is 17.9 Å². The van der Waals surface area contributed by atoms with Crippen LogP contribution < -0.4 is 0 Å². The van der Waals surface area contributed by atoms with Gasteiger partial charge in [-0.15, -0.1) is 0 Å². The van der Waals surface area contributed by atoms with Crippen molar-refractivity contribution in [3.63, 3.8) is 0 Å². The summed E-state index contributed by atoms with van der Waals surface area (Å²) >= 11 is 0. The standard InChI is InChI=1S/C11H18O3/c1-8(12)11(14-9(2)13)10-6-4-3-5-7-10/h10-11H,3-7H2,1-2H3. The van der Waals surface area contributed by atoms with Gasteiger partial charge < -0.3 is 4.74 Å². The fourth-order valence-corrected chi connectivity index (χ4v) is 2.13. The van der Waals surface area contributed by atoms with Crippen molar-refractivity contribution in [3.05, 3.63) is 0 Å². The van der Waals surface area contributed by atoms with Gasteiger partial charge >= 0.3 is 5.97 Å². The Morgan fingerprint density at radius 3 is 2.14 bits per heavy atom. The number of Topliss-reactive ketones (excluding diaryl/α,β-unsaturated/α-hetero) is 1. The molecule has 1 rings (SSSR count). The van der Waals surface area contributed by atoms with E-state index in [1.807, 2.05) is 0 Å². The van der Waals surface area contributed by atoms with Crippen molar-refractivity contribution >= 4 is 11.8 Å². The number of carbonyl (C=O) groups is 2. The van der Waals surface area contributed by atoms with Crippen LogP contribution in [0.3, 0.4) is 0 Å². The van der Waals surface area contributed by atoms with Crippen LogP contribution in [0, 0.1) is 5.92 Å². The fourth-order valence-electron chi connectivity index (χ4n) is 2.13. The molecule has 0 N–H and O–H groups in total. The molecule has 0 heterocycles. The molecule has 1 aliphatic rings. The Morgan fingerprint density at radius 1 is 1.14 bits per heavy atom. The SMILES string of the molecule is CC(=O)OC(C(C)=O)C1CCCCC1. The van der Waals surface area contributed by atoms with Crippen molar-refractivity contribution in [2.75, 3.05) is 0 Å². The van der Waals surface area contributed by atoms with Crippen molar-refractivity contribution in [2.24, 2.45) is 5.92 Å². The van der Waals surface area contributed by atoms with Crippen LogP contribution in [0.1, 0.15) is 46.0 Å². The highest BCUT2D eigenvalue weighted by molar-refractivity contribution is 5.83. The average molecular weight is 198 g/mol. The molecule has 0 saturated heterocycles. The number of rotatable bonds is 3. The monoisotopic (exact) mass is 198 g/mol. The molecule has 0 amide bonds. The van der Waals surface area contributed by atoms with E-state index in [2.05, 4.69) is 0 Å². The molecule has 1 fully saturated rings. The first-order valence-corrected chi connectivity index (χ1v) is 5.29. The zero-order valence-corrected chi connectivity index (χ0v) is 8.91. The van der Waals surface area contributed by atoms with Crippen molar-refractivity contribution in [2.45, 2.75) is 52.1 Å². The van der Waals surface area contributed by atoms with Crippen molar-refractivity contribution in [1.29, 1.82) is 0 Å². The molecule has 0 aromatic rings. The highest BCUT2D eigenvalue weighted by Gasteiger charge is 2.29. The van der Waals surface area contributed by atoms with E-state index in [4.69, 9.17) is 4.74 Å². The number of esters is 1. The van der Waals surface area contributed by atoms with Gasteiger partial charge in [-0.05, 0) is 19.8 Å². The Bertz CT molecular complexity index is 217. The van der Waals surface area contributed by atoms with E-state index in [9.17, 15) is 9.59 Å². The maximum Gasteiger partial charge on any atom is 0.303 e. The van der Waals surface area contributed by atoms with Crippen LogP contribution in [0.25, 0.3) is 0 Å². The van der Waals surface area contributed by atoms with Crippen LogP contribution >= 0.6 is 0 Å². The molecule has 1 aliphatic carbocycles. The summed E-state index contributed by atoms with van der Waals surface area (Å²) in [5, 5.41) is 0. The van der Waals surface area contributed by atoms with E-state index >= 15 is 0 Å². The normalized spacial score (nSPS) is 20.1. The first kappa shape index (κ1) is 11.2. The molecule has 0 aromatic carbocycles. The van der Waals surface area contributed by atoms with Gasteiger partial charge in [0.15, 0.2) is 11.9 Å². The lowest BCUT2D eigenvalue weighted by Gasteiger charge is -2.27. The van der Waals surface area contributed by atoms with Crippen molar-refractivity contribution in [1.82, 2.24) is 0 Å². The molecular formula is C11H18O3. The molecule has 1 atom stereocenters. The Hall–Kier alpha value is -0.860. The van der Waals surface area contributed by atoms with E-state index in [1.165, 1.54) is 20.3 Å². The summed E-state index contributed by atoms with van der Waals surface area (Å²) in [6, 6.07) is 0. The average Bonchev–Trinajstić information content (AvgIpc) is 2.15. The van der Waals surface area contributed by atoms with Crippen LogP contribution in [0.5, 0.6) is 0 Å². The maximum absolute atomic E-state index is 11.3. The van der Waals surface area contributed by atoms with E-state index < -0.39 is 6.10 Å². The summed E-state index contributed by atoms with van der Waals surface area (Å²) in [6.07, 6.45) is 5.06. The highest BCUT2D eigenvalue weighted by atomic mass is 16.5. The molecule has 14 heavy (non-hydrogen) atoms. The molecule has 1 saturated carbocycles.